The lowest BCUT2D eigenvalue weighted by molar-refractivity contribution is 0.564. The first kappa shape index (κ1) is 9.02. The molecule has 0 aliphatic rings. The first-order valence-corrected chi connectivity index (χ1v) is 4.30. The molecule has 0 radical (unpaired) electrons. The van der Waals surface area contributed by atoms with Gasteiger partial charge >= 0.3 is 0 Å². The number of rotatable bonds is 2. The van der Waals surface area contributed by atoms with Crippen LogP contribution in [0.2, 0.25) is 0 Å². The molecule has 0 aliphatic carbocycles. The van der Waals surface area contributed by atoms with E-state index in [9.17, 15) is 9.12 Å². The van der Waals surface area contributed by atoms with Gasteiger partial charge in [-0.05, 0) is 29.8 Å². The van der Waals surface area contributed by atoms with Gasteiger partial charge in [-0.3, -0.25) is 0 Å². The molecule has 1 unspecified atom stereocenters. The molecular weight excluding hydrogens is 178 g/mol. The molecule has 0 spiro atoms. The Labute approximate surface area is 71.9 Å². The van der Waals surface area contributed by atoms with Crippen molar-refractivity contribution in [3.05, 3.63) is 28.7 Å². The number of aryl methyl sites for hydroxylation is 1. The van der Waals surface area contributed by atoms with Crippen LogP contribution in [0, 0.1) is 11.8 Å². The largest absolute Gasteiger partial charge is 0.302 e. The predicted molar refractivity (Wildman–Crippen MR) is 45.7 cm³/mol. The summed E-state index contributed by atoms with van der Waals surface area (Å²) in [7, 11) is 0. The van der Waals surface area contributed by atoms with Crippen molar-refractivity contribution < 1.29 is 8.76 Å². The summed E-state index contributed by atoms with van der Waals surface area (Å²) >= 11 is -2.05. The highest BCUT2D eigenvalue weighted by Gasteiger charge is 2.03. The Morgan fingerprint density at radius 2 is 2.17 bits per heavy atom. The molecule has 0 aromatic heterocycles. The van der Waals surface area contributed by atoms with Crippen molar-refractivity contribution >= 4 is 16.8 Å². The SMILES string of the molecule is Cc1ccc(S(=O)O)cc1N=O. The van der Waals surface area contributed by atoms with Crippen LogP contribution < -0.4 is 0 Å². The summed E-state index contributed by atoms with van der Waals surface area (Å²) in [5.74, 6) is 0. The van der Waals surface area contributed by atoms with Crippen molar-refractivity contribution in [2.24, 2.45) is 5.18 Å². The summed E-state index contributed by atoms with van der Waals surface area (Å²) < 4.78 is 19.2. The van der Waals surface area contributed by atoms with Gasteiger partial charge in [-0.25, -0.2) is 4.21 Å². The fourth-order valence-electron chi connectivity index (χ4n) is 0.796. The van der Waals surface area contributed by atoms with Gasteiger partial charge in [0.2, 0.25) is 0 Å². The second-order valence-corrected chi connectivity index (χ2v) is 3.26. The number of nitroso groups, excluding NO2 is 1. The maximum Gasteiger partial charge on any atom is 0.186 e. The molecule has 0 fully saturated rings. The van der Waals surface area contributed by atoms with Gasteiger partial charge in [0.05, 0.1) is 4.90 Å². The Balaban J connectivity index is 3.22. The van der Waals surface area contributed by atoms with Crippen LogP contribution in [-0.2, 0) is 11.1 Å². The second kappa shape index (κ2) is 3.55. The predicted octanol–water partition coefficient (Wildman–Crippen LogP) is 1.97. The van der Waals surface area contributed by atoms with Gasteiger partial charge in [0.15, 0.2) is 11.1 Å². The zero-order chi connectivity index (χ0) is 9.14. The van der Waals surface area contributed by atoms with Crippen molar-refractivity contribution in [3.8, 4) is 0 Å². The molecule has 5 heteroatoms. The smallest absolute Gasteiger partial charge is 0.186 e. The topological polar surface area (TPSA) is 66.7 Å². The molecule has 0 bridgehead atoms. The quantitative estimate of drug-likeness (QED) is 0.565. The molecule has 0 saturated heterocycles. The van der Waals surface area contributed by atoms with E-state index in [2.05, 4.69) is 5.18 Å². The molecule has 64 valence electrons. The van der Waals surface area contributed by atoms with E-state index in [1.54, 1.807) is 13.0 Å². The molecule has 1 rings (SSSR count). The highest BCUT2D eigenvalue weighted by Crippen LogP contribution is 2.20. The van der Waals surface area contributed by atoms with Crippen LogP contribution in [0.3, 0.4) is 0 Å². The minimum Gasteiger partial charge on any atom is -0.302 e. The van der Waals surface area contributed by atoms with Gasteiger partial charge < -0.3 is 4.55 Å². The summed E-state index contributed by atoms with van der Waals surface area (Å²) in [4.78, 5) is 10.4. The molecule has 1 atom stereocenters. The number of benzene rings is 1. The maximum atomic E-state index is 10.5. The summed E-state index contributed by atoms with van der Waals surface area (Å²) in [6.45, 7) is 1.71. The fourth-order valence-corrected chi connectivity index (χ4v) is 1.19. The van der Waals surface area contributed by atoms with Crippen LogP contribution in [0.1, 0.15) is 5.56 Å². The van der Waals surface area contributed by atoms with Crippen LogP contribution in [0.4, 0.5) is 5.69 Å². The summed E-state index contributed by atoms with van der Waals surface area (Å²) in [6, 6.07) is 4.37. The second-order valence-electron chi connectivity index (χ2n) is 2.29. The van der Waals surface area contributed by atoms with Gasteiger partial charge in [0.25, 0.3) is 0 Å². The van der Waals surface area contributed by atoms with Gasteiger partial charge in [0, 0.05) is 0 Å². The number of nitrogens with zero attached hydrogens (tertiary/aromatic N) is 1. The summed E-state index contributed by atoms with van der Waals surface area (Å²) in [5.41, 5.74) is 0.897. The highest BCUT2D eigenvalue weighted by atomic mass is 32.2. The van der Waals surface area contributed by atoms with Gasteiger partial charge in [-0.1, -0.05) is 6.07 Å². The molecule has 1 N–H and O–H groups in total. The lowest BCUT2D eigenvalue weighted by Gasteiger charge is -1.98. The zero-order valence-electron chi connectivity index (χ0n) is 6.35. The van der Waals surface area contributed by atoms with Crippen LogP contribution in [0.15, 0.2) is 28.3 Å². The first-order chi connectivity index (χ1) is 5.65. The molecule has 1 aromatic rings. The van der Waals surface area contributed by atoms with Crippen molar-refractivity contribution in [2.45, 2.75) is 11.8 Å². The van der Waals surface area contributed by atoms with E-state index in [-0.39, 0.29) is 10.6 Å². The molecular formula is C7H7NO3S. The van der Waals surface area contributed by atoms with Crippen LogP contribution in [-0.4, -0.2) is 8.76 Å². The Hall–Kier alpha value is -1.07. The van der Waals surface area contributed by atoms with E-state index in [0.29, 0.717) is 5.56 Å². The van der Waals surface area contributed by atoms with Crippen LogP contribution >= 0.6 is 0 Å². The summed E-state index contributed by atoms with van der Waals surface area (Å²) in [6.07, 6.45) is 0. The average Bonchev–Trinajstić information content (AvgIpc) is 2.05. The van der Waals surface area contributed by atoms with Gasteiger partial charge in [0.1, 0.15) is 5.69 Å². The average molecular weight is 185 g/mol. The van der Waals surface area contributed by atoms with Crippen molar-refractivity contribution in [1.82, 2.24) is 0 Å². The monoisotopic (exact) mass is 185 g/mol. The Morgan fingerprint density at radius 1 is 1.50 bits per heavy atom. The van der Waals surface area contributed by atoms with E-state index in [0.717, 1.165) is 0 Å². The Kier molecular flexibility index (Phi) is 2.67. The third-order valence-electron chi connectivity index (χ3n) is 1.48. The van der Waals surface area contributed by atoms with Gasteiger partial charge in [-0.2, -0.15) is 0 Å². The number of hydrogen-bond donors (Lipinski definition) is 1. The lowest BCUT2D eigenvalue weighted by Crippen LogP contribution is -1.87. The third kappa shape index (κ3) is 1.75. The van der Waals surface area contributed by atoms with E-state index in [1.807, 2.05) is 0 Å². The van der Waals surface area contributed by atoms with E-state index in [4.69, 9.17) is 4.55 Å². The summed E-state index contributed by atoms with van der Waals surface area (Å²) in [5, 5.41) is 2.72. The van der Waals surface area contributed by atoms with Crippen molar-refractivity contribution in [2.75, 3.05) is 0 Å². The molecule has 0 heterocycles. The van der Waals surface area contributed by atoms with Crippen molar-refractivity contribution in [1.29, 1.82) is 0 Å². The van der Waals surface area contributed by atoms with Crippen LogP contribution in [0.5, 0.6) is 0 Å². The van der Waals surface area contributed by atoms with E-state index >= 15 is 0 Å². The fraction of sp³-hybridized carbons (Fsp3) is 0.143. The minimum atomic E-state index is -2.05. The third-order valence-corrected chi connectivity index (χ3v) is 2.14. The van der Waals surface area contributed by atoms with E-state index in [1.165, 1.54) is 12.1 Å². The molecule has 0 aliphatic heterocycles. The lowest BCUT2D eigenvalue weighted by atomic mass is 10.2. The Morgan fingerprint density at radius 3 is 2.67 bits per heavy atom. The van der Waals surface area contributed by atoms with E-state index < -0.39 is 11.1 Å². The maximum absolute atomic E-state index is 10.5. The highest BCUT2D eigenvalue weighted by molar-refractivity contribution is 7.79. The van der Waals surface area contributed by atoms with Crippen LogP contribution in [0.25, 0.3) is 0 Å². The standard InChI is InChI=1S/C7H7NO3S/c1-5-2-3-6(12(10)11)4-7(5)8-9/h2-4H,1H3,(H,10,11). The molecule has 1 aromatic carbocycles. The molecule has 4 nitrogen and oxygen atoms in total. The first-order valence-electron chi connectivity index (χ1n) is 3.20. The minimum absolute atomic E-state index is 0.190. The zero-order valence-corrected chi connectivity index (χ0v) is 7.17. The molecule has 0 amide bonds. The molecule has 0 saturated carbocycles. The van der Waals surface area contributed by atoms with Gasteiger partial charge in [-0.15, -0.1) is 4.91 Å². The Bertz CT molecular complexity index is 337. The normalized spacial score (nSPS) is 12.5. The molecule has 12 heavy (non-hydrogen) atoms. The van der Waals surface area contributed by atoms with Crippen molar-refractivity contribution in [3.63, 3.8) is 0 Å². The number of hydrogen-bond acceptors (Lipinski definition) is 3.